The van der Waals surface area contributed by atoms with E-state index in [1.807, 2.05) is 25.1 Å². The van der Waals surface area contributed by atoms with Crippen LogP contribution < -0.4 is 10.1 Å². The minimum atomic E-state index is -0.955. The van der Waals surface area contributed by atoms with E-state index in [2.05, 4.69) is 5.32 Å². The van der Waals surface area contributed by atoms with Gasteiger partial charge in [0, 0.05) is 24.6 Å². The fourth-order valence-corrected chi connectivity index (χ4v) is 4.08. The molecule has 5 nitrogen and oxygen atoms in total. The number of rotatable bonds is 9. The fourth-order valence-electron chi connectivity index (χ4n) is 4.08. The summed E-state index contributed by atoms with van der Waals surface area (Å²) in [7, 11) is 0. The molecule has 168 valence electrons. The van der Waals surface area contributed by atoms with Crippen molar-refractivity contribution < 1.29 is 28.5 Å². The highest BCUT2D eigenvalue weighted by atomic mass is 19.1. The lowest BCUT2D eigenvalue weighted by atomic mass is 9.88. The second-order valence-electron chi connectivity index (χ2n) is 8.21. The monoisotopic (exact) mass is 433 g/mol. The summed E-state index contributed by atoms with van der Waals surface area (Å²) >= 11 is 0. The molecule has 2 aromatic rings. The molecular formula is C24H29F2NO4. The van der Waals surface area contributed by atoms with E-state index in [4.69, 9.17) is 4.74 Å². The first-order valence-electron chi connectivity index (χ1n) is 10.6. The van der Waals surface area contributed by atoms with Crippen LogP contribution in [0.1, 0.15) is 43.0 Å². The second kappa shape index (κ2) is 10.3. The largest absolute Gasteiger partial charge is 0.490 e. The first-order valence-corrected chi connectivity index (χ1v) is 10.6. The molecule has 1 aliphatic heterocycles. The molecule has 0 saturated carbocycles. The van der Waals surface area contributed by atoms with Crippen LogP contribution in [0.25, 0.3) is 0 Å². The van der Waals surface area contributed by atoms with E-state index in [9.17, 15) is 23.8 Å². The molecule has 31 heavy (non-hydrogen) atoms. The molecule has 1 aliphatic rings. The number of hydrogen-bond acceptors (Lipinski definition) is 5. The van der Waals surface area contributed by atoms with Crippen molar-refractivity contribution in [2.24, 2.45) is 5.92 Å². The van der Waals surface area contributed by atoms with Crippen molar-refractivity contribution in [1.29, 1.82) is 0 Å². The van der Waals surface area contributed by atoms with Crippen LogP contribution in [0.15, 0.2) is 36.4 Å². The molecule has 3 rings (SSSR count). The molecule has 0 saturated heterocycles. The van der Waals surface area contributed by atoms with Crippen LogP contribution in [-0.4, -0.2) is 41.4 Å². The van der Waals surface area contributed by atoms with Gasteiger partial charge in [0.25, 0.3) is 0 Å². The molecule has 0 unspecified atom stereocenters. The second-order valence-corrected chi connectivity index (χ2v) is 8.21. The van der Waals surface area contributed by atoms with Gasteiger partial charge in [0.05, 0.1) is 12.1 Å². The summed E-state index contributed by atoms with van der Waals surface area (Å²) in [6.07, 6.45) is -0.681. The minimum absolute atomic E-state index is 0.0773. The number of ether oxygens (including phenoxy) is 1. The van der Waals surface area contributed by atoms with Gasteiger partial charge in [-0.1, -0.05) is 19.1 Å². The Hall–Kier alpha value is -2.35. The molecule has 0 aromatic heterocycles. The summed E-state index contributed by atoms with van der Waals surface area (Å²) in [5.74, 6) is -1.35. The van der Waals surface area contributed by atoms with Crippen LogP contribution in [0.4, 0.5) is 8.78 Å². The third-order valence-electron chi connectivity index (χ3n) is 5.67. The molecule has 7 heteroatoms. The van der Waals surface area contributed by atoms with E-state index in [1.165, 1.54) is 19.1 Å². The molecule has 0 fully saturated rings. The third kappa shape index (κ3) is 6.09. The zero-order valence-corrected chi connectivity index (χ0v) is 17.8. The SMILES string of the molecule is CCc1ccc2c(c1)[C@H](NC[C@@H](O)[C@@H](CC(C)=O)Cc1cc(F)cc(F)c1)[C@H](O)CO2. The van der Waals surface area contributed by atoms with Crippen LogP contribution in [0.3, 0.4) is 0 Å². The molecule has 1 heterocycles. The van der Waals surface area contributed by atoms with E-state index < -0.39 is 35.8 Å². The Kier molecular flexibility index (Phi) is 7.75. The Morgan fingerprint density at radius 2 is 1.90 bits per heavy atom. The van der Waals surface area contributed by atoms with Crippen molar-refractivity contribution in [2.45, 2.75) is 51.4 Å². The number of aliphatic hydroxyl groups excluding tert-OH is 2. The van der Waals surface area contributed by atoms with Gasteiger partial charge < -0.3 is 25.1 Å². The summed E-state index contributed by atoms with van der Waals surface area (Å²) in [4.78, 5) is 11.7. The Bertz CT molecular complexity index is 900. The van der Waals surface area contributed by atoms with E-state index >= 15 is 0 Å². The number of nitrogens with one attached hydrogen (secondary N) is 1. The maximum Gasteiger partial charge on any atom is 0.130 e. The number of hydrogen-bond donors (Lipinski definition) is 3. The van der Waals surface area contributed by atoms with Gasteiger partial charge >= 0.3 is 0 Å². The molecule has 0 aliphatic carbocycles. The van der Waals surface area contributed by atoms with E-state index in [-0.39, 0.29) is 31.8 Å². The fraction of sp³-hybridized carbons (Fsp3) is 0.458. The molecule has 4 atom stereocenters. The number of carbonyl (C=O) groups excluding carboxylic acids is 1. The maximum atomic E-state index is 13.6. The van der Waals surface area contributed by atoms with Gasteiger partial charge in [-0.3, -0.25) is 0 Å². The van der Waals surface area contributed by atoms with Gasteiger partial charge in [-0.05, 0) is 55.0 Å². The molecular weight excluding hydrogens is 404 g/mol. The predicted molar refractivity (Wildman–Crippen MR) is 113 cm³/mol. The van der Waals surface area contributed by atoms with Crippen LogP contribution in [0, 0.1) is 17.6 Å². The number of aryl methyl sites for hydroxylation is 1. The van der Waals surface area contributed by atoms with E-state index in [0.29, 0.717) is 11.3 Å². The van der Waals surface area contributed by atoms with Gasteiger partial charge in [-0.15, -0.1) is 0 Å². The average molecular weight is 433 g/mol. The first-order chi connectivity index (χ1) is 14.8. The standard InChI is InChI=1S/C24H29F2NO4/c1-3-15-4-5-23-20(10-15)24(22(30)13-31-23)27-12-21(29)17(6-14(2)28)7-16-8-18(25)11-19(26)9-16/h4-5,8-11,17,21-22,24,27,29-30H,3,6-7,12-13H2,1-2H3/t17-,21+,22+,24-/m0/s1. The number of carbonyl (C=O) groups is 1. The van der Waals surface area contributed by atoms with E-state index in [0.717, 1.165) is 23.6 Å². The summed E-state index contributed by atoms with van der Waals surface area (Å²) in [5.41, 5.74) is 2.30. The van der Waals surface area contributed by atoms with Gasteiger partial charge in [0.2, 0.25) is 0 Å². The Morgan fingerprint density at radius 3 is 2.55 bits per heavy atom. The Morgan fingerprint density at radius 1 is 1.19 bits per heavy atom. The molecule has 0 amide bonds. The Labute approximate surface area is 181 Å². The van der Waals surface area contributed by atoms with Crippen molar-refractivity contribution in [1.82, 2.24) is 5.32 Å². The van der Waals surface area contributed by atoms with Gasteiger partial charge in [0.1, 0.15) is 35.9 Å². The summed E-state index contributed by atoms with van der Waals surface area (Å²) < 4.78 is 32.7. The van der Waals surface area contributed by atoms with Gasteiger partial charge in [-0.2, -0.15) is 0 Å². The van der Waals surface area contributed by atoms with Crippen molar-refractivity contribution in [3.05, 3.63) is 64.7 Å². The highest BCUT2D eigenvalue weighted by molar-refractivity contribution is 5.75. The first kappa shape index (κ1) is 23.3. The van der Waals surface area contributed by atoms with E-state index in [1.54, 1.807) is 0 Å². The zero-order chi connectivity index (χ0) is 22.5. The zero-order valence-electron chi connectivity index (χ0n) is 17.8. The summed E-state index contributed by atoms with van der Waals surface area (Å²) in [5, 5.41) is 24.5. The number of fused-ring (bicyclic) bond motifs is 1. The molecule has 0 spiro atoms. The quantitative estimate of drug-likeness (QED) is 0.566. The summed E-state index contributed by atoms with van der Waals surface area (Å²) in [6.45, 7) is 3.69. The normalized spacial score (nSPS) is 19.9. The van der Waals surface area contributed by atoms with Gasteiger partial charge in [0.15, 0.2) is 0 Å². The number of halogens is 2. The van der Waals surface area contributed by atoms with Gasteiger partial charge in [-0.25, -0.2) is 8.78 Å². The average Bonchev–Trinajstić information content (AvgIpc) is 2.70. The van der Waals surface area contributed by atoms with Crippen LogP contribution in [0.2, 0.25) is 0 Å². The predicted octanol–water partition coefficient (Wildman–Crippen LogP) is 3.11. The third-order valence-corrected chi connectivity index (χ3v) is 5.67. The number of Topliss-reactive ketones (excluding diaryl/α,β-unsaturated/α-hetero) is 1. The molecule has 3 N–H and O–H groups in total. The van der Waals surface area contributed by atoms with Crippen molar-refractivity contribution in [3.8, 4) is 5.75 Å². The Balaban J connectivity index is 1.73. The number of aliphatic hydroxyl groups is 2. The van der Waals surface area contributed by atoms with Crippen LogP contribution >= 0.6 is 0 Å². The summed E-state index contributed by atoms with van der Waals surface area (Å²) in [6, 6.07) is 8.60. The molecule has 2 aromatic carbocycles. The highest BCUT2D eigenvalue weighted by Gasteiger charge is 2.31. The lowest BCUT2D eigenvalue weighted by Crippen LogP contribution is -2.44. The number of ketones is 1. The molecule has 0 radical (unpaired) electrons. The number of benzene rings is 2. The van der Waals surface area contributed by atoms with Crippen LogP contribution in [-0.2, 0) is 17.6 Å². The minimum Gasteiger partial charge on any atom is -0.490 e. The van der Waals surface area contributed by atoms with Crippen molar-refractivity contribution in [3.63, 3.8) is 0 Å². The van der Waals surface area contributed by atoms with Crippen molar-refractivity contribution >= 4 is 5.78 Å². The lowest BCUT2D eigenvalue weighted by molar-refractivity contribution is -0.118. The van der Waals surface area contributed by atoms with Crippen molar-refractivity contribution in [2.75, 3.05) is 13.2 Å². The lowest BCUT2D eigenvalue weighted by Gasteiger charge is -2.33. The maximum absolute atomic E-state index is 13.6. The highest BCUT2D eigenvalue weighted by Crippen LogP contribution is 2.33. The topological polar surface area (TPSA) is 78.8 Å². The van der Waals surface area contributed by atoms with Crippen LogP contribution in [0.5, 0.6) is 5.75 Å². The smallest absolute Gasteiger partial charge is 0.130 e. The molecule has 0 bridgehead atoms.